The van der Waals surface area contributed by atoms with E-state index in [4.69, 9.17) is 5.14 Å². The highest BCUT2D eigenvalue weighted by atomic mass is 32.2. The van der Waals surface area contributed by atoms with Crippen molar-refractivity contribution in [2.45, 2.75) is 23.8 Å². The molecule has 28 heavy (non-hydrogen) atoms. The lowest BCUT2D eigenvalue weighted by Gasteiger charge is -2.17. The smallest absolute Gasteiger partial charge is 0.315 e. The molecule has 2 aromatic rings. The van der Waals surface area contributed by atoms with E-state index in [2.05, 4.69) is 10.6 Å². The first kappa shape index (κ1) is 19.8. The van der Waals surface area contributed by atoms with Crippen LogP contribution in [-0.4, -0.2) is 39.5 Å². The number of para-hydroxylation sites is 1. The van der Waals surface area contributed by atoms with E-state index in [0.717, 1.165) is 11.3 Å². The van der Waals surface area contributed by atoms with E-state index in [9.17, 15) is 18.0 Å². The second-order valence-electron chi connectivity index (χ2n) is 6.58. The lowest BCUT2D eigenvalue weighted by atomic mass is 10.1. The molecular weight excluding hydrogens is 380 g/mol. The number of hydrogen-bond acceptors (Lipinski definition) is 4. The Kier molecular flexibility index (Phi) is 5.96. The van der Waals surface area contributed by atoms with Crippen LogP contribution in [0.2, 0.25) is 0 Å². The fraction of sp³-hybridized carbons (Fsp3) is 0.263. The number of nitrogens with one attached hydrogen (secondary N) is 2. The number of sulfonamides is 1. The number of amides is 3. The van der Waals surface area contributed by atoms with E-state index < -0.39 is 10.0 Å². The predicted molar refractivity (Wildman–Crippen MR) is 105 cm³/mol. The number of nitrogens with zero attached hydrogens (tertiary/aromatic N) is 1. The average Bonchev–Trinajstić information content (AvgIpc) is 3.02. The number of nitrogens with two attached hydrogens (primary N) is 1. The first-order chi connectivity index (χ1) is 13.3. The van der Waals surface area contributed by atoms with Crippen LogP contribution in [0.1, 0.15) is 12.0 Å². The molecule has 1 unspecified atom stereocenters. The zero-order valence-corrected chi connectivity index (χ0v) is 16.0. The largest absolute Gasteiger partial charge is 0.338 e. The highest BCUT2D eigenvalue weighted by Crippen LogP contribution is 2.20. The van der Waals surface area contributed by atoms with Gasteiger partial charge in [0.15, 0.2) is 0 Å². The SMILES string of the molecule is NS(=O)(=O)c1ccc(CCNC(=O)NC2CC(=O)N(c3ccccc3)C2)cc1. The molecular formula is C19H22N4O4S. The van der Waals surface area contributed by atoms with Crippen molar-refractivity contribution in [3.8, 4) is 0 Å². The van der Waals surface area contributed by atoms with E-state index in [-0.39, 0.29) is 29.3 Å². The molecule has 1 saturated heterocycles. The minimum absolute atomic E-state index is 0.0218. The van der Waals surface area contributed by atoms with Crippen LogP contribution in [0.25, 0.3) is 0 Å². The van der Waals surface area contributed by atoms with Gasteiger partial charge >= 0.3 is 6.03 Å². The Bertz CT molecular complexity index is 946. The van der Waals surface area contributed by atoms with Gasteiger partial charge in [0.2, 0.25) is 15.9 Å². The number of urea groups is 1. The summed E-state index contributed by atoms with van der Waals surface area (Å²) in [6.45, 7) is 0.814. The maximum Gasteiger partial charge on any atom is 0.315 e. The molecule has 3 rings (SSSR count). The average molecular weight is 402 g/mol. The monoisotopic (exact) mass is 402 g/mol. The van der Waals surface area contributed by atoms with Gasteiger partial charge in [-0.25, -0.2) is 18.4 Å². The maximum absolute atomic E-state index is 12.2. The van der Waals surface area contributed by atoms with Gasteiger partial charge in [-0.05, 0) is 36.2 Å². The summed E-state index contributed by atoms with van der Waals surface area (Å²) in [6, 6.07) is 14.9. The van der Waals surface area contributed by atoms with Gasteiger partial charge in [-0.15, -0.1) is 0 Å². The van der Waals surface area contributed by atoms with Crippen molar-refractivity contribution >= 4 is 27.6 Å². The van der Waals surface area contributed by atoms with Crippen LogP contribution in [0.15, 0.2) is 59.5 Å². The fourth-order valence-corrected chi connectivity index (χ4v) is 3.58. The van der Waals surface area contributed by atoms with Crippen molar-refractivity contribution in [1.82, 2.24) is 10.6 Å². The third-order valence-electron chi connectivity index (χ3n) is 4.48. The number of primary sulfonamides is 1. The third-order valence-corrected chi connectivity index (χ3v) is 5.41. The molecule has 0 bridgehead atoms. The van der Waals surface area contributed by atoms with Crippen molar-refractivity contribution in [2.24, 2.45) is 5.14 Å². The number of carbonyl (C=O) groups excluding carboxylic acids is 2. The molecule has 1 aliphatic rings. The maximum atomic E-state index is 12.2. The van der Waals surface area contributed by atoms with Crippen LogP contribution in [0.4, 0.5) is 10.5 Å². The molecule has 0 aliphatic carbocycles. The summed E-state index contributed by atoms with van der Waals surface area (Å²) in [5, 5.41) is 10.6. The highest BCUT2D eigenvalue weighted by molar-refractivity contribution is 7.89. The first-order valence-electron chi connectivity index (χ1n) is 8.84. The molecule has 1 atom stereocenters. The third kappa shape index (κ3) is 5.08. The van der Waals surface area contributed by atoms with Crippen molar-refractivity contribution in [3.63, 3.8) is 0 Å². The minimum atomic E-state index is -3.71. The van der Waals surface area contributed by atoms with Gasteiger partial charge in [-0.1, -0.05) is 30.3 Å². The Morgan fingerprint density at radius 3 is 2.43 bits per heavy atom. The molecule has 4 N–H and O–H groups in total. The van der Waals surface area contributed by atoms with Gasteiger partial charge in [0.1, 0.15) is 0 Å². The standard InChI is InChI=1S/C19H22N4O4S/c20-28(26,27)17-8-6-14(7-9-17)10-11-21-19(25)22-15-12-18(24)23(13-15)16-4-2-1-3-5-16/h1-9,15H,10-13H2,(H2,20,26,27)(H2,21,22,25). The zero-order valence-electron chi connectivity index (χ0n) is 15.2. The molecule has 9 heteroatoms. The molecule has 2 aromatic carbocycles. The Morgan fingerprint density at radius 2 is 1.79 bits per heavy atom. The molecule has 1 aliphatic heterocycles. The first-order valence-corrected chi connectivity index (χ1v) is 10.4. The Hall–Kier alpha value is -2.91. The second kappa shape index (κ2) is 8.41. The summed E-state index contributed by atoms with van der Waals surface area (Å²) < 4.78 is 22.5. The quantitative estimate of drug-likeness (QED) is 0.667. The molecule has 148 valence electrons. The molecule has 0 saturated carbocycles. The van der Waals surface area contributed by atoms with Crippen LogP contribution in [-0.2, 0) is 21.2 Å². The molecule has 1 fully saturated rings. The highest BCUT2D eigenvalue weighted by Gasteiger charge is 2.31. The van der Waals surface area contributed by atoms with Gasteiger partial charge < -0.3 is 15.5 Å². The molecule has 0 radical (unpaired) electrons. The lowest BCUT2D eigenvalue weighted by molar-refractivity contribution is -0.117. The van der Waals surface area contributed by atoms with E-state index in [1.807, 2.05) is 30.3 Å². The van der Waals surface area contributed by atoms with Gasteiger partial charge in [-0.2, -0.15) is 0 Å². The number of carbonyl (C=O) groups is 2. The lowest BCUT2D eigenvalue weighted by Crippen LogP contribution is -2.43. The summed E-state index contributed by atoms with van der Waals surface area (Å²) in [5.41, 5.74) is 1.69. The number of hydrogen-bond donors (Lipinski definition) is 3. The number of anilines is 1. The van der Waals surface area contributed by atoms with Crippen molar-refractivity contribution in [2.75, 3.05) is 18.0 Å². The molecule has 0 aromatic heterocycles. The molecule has 0 spiro atoms. The summed E-state index contributed by atoms with van der Waals surface area (Å²) in [4.78, 5) is 26.0. The normalized spacial score (nSPS) is 16.8. The van der Waals surface area contributed by atoms with Crippen molar-refractivity contribution < 1.29 is 18.0 Å². The van der Waals surface area contributed by atoms with E-state index in [1.54, 1.807) is 17.0 Å². The molecule has 8 nitrogen and oxygen atoms in total. The van der Waals surface area contributed by atoms with Crippen LogP contribution < -0.4 is 20.7 Å². The topological polar surface area (TPSA) is 122 Å². The van der Waals surface area contributed by atoms with Crippen molar-refractivity contribution in [3.05, 3.63) is 60.2 Å². The number of benzene rings is 2. The van der Waals surface area contributed by atoms with Crippen LogP contribution >= 0.6 is 0 Å². The number of rotatable bonds is 6. The molecule has 1 heterocycles. The summed E-state index contributed by atoms with van der Waals surface area (Å²) >= 11 is 0. The fourth-order valence-electron chi connectivity index (χ4n) is 3.06. The summed E-state index contributed by atoms with van der Waals surface area (Å²) in [6.07, 6.45) is 0.801. The molecule has 3 amide bonds. The van der Waals surface area contributed by atoms with Crippen LogP contribution in [0, 0.1) is 0 Å². The van der Waals surface area contributed by atoms with Gasteiger partial charge in [-0.3, -0.25) is 4.79 Å². The van der Waals surface area contributed by atoms with Gasteiger partial charge in [0, 0.05) is 25.2 Å². The van der Waals surface area contributed by atoms with E-state index >= 15 is 0 Å². The Balaban J connectivity index is 1.44. The minimum Gasteiger partial charge on any atom is -0.338 e. The predicted octanol–water partition coefficient (Wildman–Crippen LogP) is 0.981. The zero-order chi connectivity index (χ0) is 20.1. The summed E-state index contributed by atoms with van der Waals surface area (Å²) in [7, 11) is -3.71. The van der Waals surface area contributed by atoms with Crippen molar-refractivity contribution in [1.29, 1.82) is 0 Å². The van der Waals surface area contributed by atoms with Crippen LogP contribution in [0.5, 0.6) is 0 Å². The van der Waals surface area contributed by atoms with E-state index in [0.29, 0.717) is 19.5 Å². The van der Waals surface area contributed by atoms with Crippen LogP contribution in [0.3, 0.4) is 0 Å². The summed E-state index contributed by atoms with van der Waals surface area (Å²) in [5.74, 6) is -0.0218. The Morgan fingerprint density at radius 1 is 1.11 bits per heavy atom. The Labute approximate surface area is 163 Å². The van der Waals surface area contributed by atoms with Gasteiger partial charge in [0.05, 0.1) is 10.9 Å². The van der Waals surface area contributed by atoms with E-state index in [1.165, 1.54) is 12.1 Å². The second-order valence-corrected chi connectivity index (χ2v) is 8.14. The van der Waals surface area contributed by atoms with Gasteiger partial charge in [0.25, 0.3) is 0 Å².